The van der Waals surface area contributed by atoms with Gasteiger partial charge in [0.15, 0.2) is 17.0 Å². The number of ketones is 1. The normalized spacial score (nSPS) is 26.9. The minimum absolute atomic E-state index is 0.0112. The maximum Gasteiger partial charge on any atom is 0.272 e. The lowest BCUT2D eigenvalue weighted by molar-refractivity contribution is -0.153. The molecule has 0 amide bonds. The van der Waals surface area contributed by atoms with Crippen LogP contribution in [0.2, 0.25) is 0 Å². The molecule has 3 heterocycles. The van der Waals surface area contributed by atoms with Gasteiger partial charge in [-0.05, 0) is 35.4 Å². The largest absolute Gasteiger partial charge is 0.495 e. The van der Waals surface area contributed by atoms with E-state index >= 15 is 13.6 Å². The predicted octanol–water partition coefficient (Wildman–Crippen LogP) is 4.89. The minimum Gasteiger partial charge on any atom is -0.495 e. The highest BCUT2D eigenvalue weighted by atomic mass is 79.9. The van der Waals surface area contributed by atoms with Gasteiger partial charge in [-0.2, -0.15) is 0 Å². The molecule has 1 saturated carbocycles. The number of pyridine rings is 2. The summed E-state index contributed by atoms with van der Waals surface area (Å²) in [6.45, 7) is 0. The van der Waals surface area contributed by atoms with Crippen molar-refractivity contribution in [3.05, 3.63) is 129 Å². The molecule has 3 aliphatic rings. The van der Waals surface area contributed by atoms with E-state index in [-0.39, 0.29) is 33.2 Å². The molecule has 0 radical (unpaired) electrons. The molecule has 1 fully saturated rings. The van der Waals surface area contributed by atoms with Crippen LogP contribution in [0.15, 0.2) is 102 Å². The van der Waals surface area contributed by atoms with Crippen molar-refractivity contribution in [2.24, 2.45) is 5.92 Å². The predicted molar refractivity (Wildman–Crippen MR) is 173 cm³/mol. The summed E-state index contributed by atoms with van der Waals surface area (Å²) in [5.41, 5.74) is -2.59. The van der Waals surface area contributed by atoms with Gasteiger partial charge in [-0.1, -0.05) is 76.6 Å². The summed E-state index contributed by atoms with van der Waals surface area (Å²) in [4.78, 5) is 23.8. The Kier molecular flexibility index (Phi) is 6.67. The standard InChI is InChI=1S/C37H27BrF2N2O5/c1-46-28-18-41-19-29-32(28)36(45)34(44)30(31(20-7-3-2-4-8-20)37(36,47-29)22-11-13-23(38)14-12-22)33(43)25-16-35(39,40)17-27-24(25)15-21-9-5-6-10-26(21)42-27/h2-15,17-19,30-31,34,44-45H,16H2,1H3/t30-,31-,34+,36-,37-/m0/s1. The summed E-state index contributed by atoms with van der Waals surface area (Å²) in [7, 11) is 1.41. The molecule has 10 heteroatoms. The van der Waals surface area contributed by atoms with Crippen molar-refractivity contribution in [2.45, 2.75) is 35.6 Å². The summed E-state index contributed by atoms with van der Waals surface area (Å²) in [5, 5.41) is 26.5. The number of para-hydroxylation sites is 1. The fourth-order valence-corrected chi connectivity index (χ4v) is 8.13. The number of methoxy groups -OCH3 is 1. The Hall–Kier alpha value is -4.51. The van der Waals surface area contributed by atoms with Gasteiger partial charge in [-0.3, -0.25) is 9.78 Å². The second-order valence-electron chi connectivity index (χ2n) is 12.2. The van der Waals surface area contributed by atoms with Crippen LogP contribution < -0.4 is 20.0 Å². The van der Waals surface area contributed by atoms with Gasteiger partial charge in [0.1, 0.15) is 17.6 Å². The number of aliphatic hydroxyl groups excluding tert-OH is 1. The molecule has 0 unspecified atom stereocenters. The summed E-state index contributed by atoms with van der Waals surface area (Å²) < 4.78 is 44.0. The summed E-state index contributed by atoms with van der Waals surface area (Å²) >= 11 is 3.47. The zero-order valence-corrected chi connectivity index (χ0v) is 26.5. The monoisotopic (exact) mass is 696 g/mol. The van der Waals surface area contributed by atoms with Gasteiger partial charge < -0.3 is 19.7 Å². The van der Waals surface area contributed by atoms with Crippen molar-refractivity contribution in [3.8, 4) is 11.5 Å². The molecule has 0 spiro atoms. The van der Waals surface area contributed by atoms with Crippen LogP contribution in [0.3, 0.4) is 0 Å². The minimum atomic E-state index is -3.38. The number of alkyl halides is 2. The van der Waals surface area contributed by atoms with E-state index in [1.807, 2.05) is 0 Å². The van der Waals surface area contributed by atoms with E-state index in [0.717, 1.165) is 10.5 Å². The Morgan fingerprint density at radius 3 is 2.49 bits per heavy atom. The quantitative estimate of drug-likeness (QED) is 0.270. The number of carbonyl (C=O) groups is 1. The van der Waals surface area contributed by atoms with Crippen LogP contribution in [0.5, 0.6) is 11.5 Å². The number of rotatable bonds is 5. The first-order valence-electron chi connectivity index (χ1n) is 15.1. The fraction of sp³-hybridized carbons (Fsp3) is 0.216. The zero-order chi connectivity index (χ0) is 32.7. The van der Waals surface area contributed by atoms with E-state index in [9.17, 15) is 10.2 Å². The maximum atomic E-state index is 15.4. The van der Waals surface area contributed by atoms with Crippen LogP contribution in [-0.4, -0.2) is 45.1 Å². The lowest BCUT2D eigenvalue weighted by Gasteiger charge is -2.40. The van der Waals surface area contributed by atoms with Crippen LogP contribution in [0.4, 0.5) is 8.78 Å². The lowest BCUT2D eigenvalue weighted by atomic mass is 9.70. The van der Waals surface area contributed by atoms with E-state index in [2.05, 4.69) is 25.9 Å². The van der Waals surface area contributed by atoms with E-state index < -0.39 is 47.3 Å². The van der Waals surface area contributed by atoms with Gasteiger partial charge in [-0.15, -0.1) is 0 Å². The van der Waals surface area contributed by atoms with Gasteiger partial charge in [-0.25, -0.2) is 13.8 Å². The highest BCUT2D eigenvalue weighted by molar-refractivity contribution is 9.10. The number of hydrogen-bond acceptors (Lipinski definition) is 7. The number of ether oxygens (including phenoxy) is 2. The van der Waals surface area contributed by atoms with Gasteiger partial charge in [0.05, 0.1) is 41.9 Å². The molecule has 2 aliphatic carbocycles. The van der Waals surface area contributed by atoms with Crippen molar-refractivity contribution in [1.29, 1.82) is 0 Å². The van der Waals surface area contributed by atoms with Crippen molar-refractivity contribution in [3.63, 3.8) is 0 Å². The third-order valence-electron chi connectivity index (χ3n) is 9.75. The van der Waals surface area contributed by atoms with E-state index in [1.165, 1.54) is 19.5 Å². The molecule has 2 aromatic heterocycles. The number of halogens is 3. The van der Waals surface area contributed by atoms with Crippen LogP contribution in [0, 0.1) is 5.92 Å². The zero-order valence-electron chi connectivity index (χ0n) is 24.9. The number of carbonyl (C=O) groups excluding carboxylic acids is 1. The van der Waals surface area contributed by atoms with Crippen molar-refractivity contribution < 1.29 is 33.3 Å². The highest BCUT2D eigenvalue weighted by Gasteiger charge is 2.78. The second-order valence-corrected chi connectivity index (χ2v) is 13.1. The molecule has 47 heavy (non-hydrogen) atoms. The number of Topliss-reactive ketones (excluding diaryl/α,β-unsaturated/α-hetero) is 1. The van der Waals surface area contributed by atoms with Crippen molar-refractivity contribution >= 4 is 44.3 Å². The first-order chi connectivity index (χ1) is 22.6. The Labute approximate surface area is 276 Å². The van der Waals surface area contributed by atoms with Crippen LogP contribution in [0.25, 0.3) is 22.6 Å². The van der Waals surface area contributed by atoms with Gasteiger partial charge in [0.25, 0.3) is 5.92 Å². The Morgan fingerprint density at radius 1 is 1.02 bits per heavy atom. The number of aliphatic hydroxyl groups is 2. The molecular weight excluding hydrogens is 670 g/mol. The fourth-order valence-electron chi connectivity index (χ4n) is 7.87. The molecule has 0 saturated heterocycles. The average molecular weight is 698 g/mol. The van der Waals surface area contributed by atoms with Crippen molar-refractivity contribution in [1.82, 2.24) is 9.97 Å². The number of hydrogen-bond donors (Lipinski definition) is 2. The molecule has 1 aliphatic heterocycles. The third kappa shape index (κ3) is 4.17. The Balaban J connectivity index is 1.44. The summed E-state index contributed by atoms with van der Waals surface area (Å²) in [6, 6.07) is 24.8. The number of nitrogens with zero attached hydrogens (tertiary/aromatic N) is 2. The summed E-state index contributed by atoms with van der Waals surface area (Å²) in [5.74, 6) is -6.27. The summed E-state index contributed by atoms with van der Waals surface area (Å²) in [6.07, 6.45) is 0.896. The average Bonchev–Trinajstić information content (AvgIpc) is 3.45. The Bertz CT molecular complexity index is 2210. The van der Waals surface area contributed by atoms with Crippen LogP contribution in [-0.2, 0) is 16.0 Å². The van der Waals surface area contributed by atoms with Crippen LogP contribution >= 0.6 is 15.9 Å². The van der Waals surface area contributed by atoms with Crippen molar-refractivity contribution in [2.75, 3.05) is 7.11 Å². The maximum absolute atomic E-state index is 15.4. The molecule has 7 nitrogen and oxygen atoms in total. The van der Waals surface area contributed by atoms with Gasteiger partial charge in [0.2, 0.25) is 0 Å². The number of aromatic nitrogens is 2. The van der Waals surface area contributed by atoms with Crippen LogP contribution in [0.1, 0.15) is 29.0 Å². The lowest BCUT2D eigenvalue weighted by Crippen LogP contribution is -2.52. The topological polar surface area (TPSA) is 102 Å². The highest BCUT2D eigenvalue weighted by Crippen LogP contribution is 2.70. The first kappa shape index (κ1) is 29.9. The van der Waals surface area contributed by atoms with E-state index in [0.29, 0.717) is 22.0 Å². The molecule has 2 N–H and O–H groups in total. The molecule has 3 aromatic carbocycles. The molecule has 5 atom stereocenters. The first-order valence-corrected chi connectivity index (χ1v) is 15.9. The second kappa shape index (κ2) is 10.5. The molecule has 236 valence electrons. The van der Waals surface area contributed by atoms with E-state index in [4.69, 9.17) is 9.47 Å². The molecular formula is C37H27BrF2N2O5. The number of benzene rings is 3. The SMILES string of the molecule is COc1cncc2c1[C@]1(O)[C@H](O)[C@H](C(=O)C3=c4cc5ccccc5nc4=CC(F)(F)C3)[C@H](c3ccccc3)[C@]1(c1ccc(Br)cc1)O2. The Morgan fingerprint density at radius 2 is 1.74 bits per heavy atom. The third-order valence-corrected chi connectivity index (χ3v) is 10.3. The molecule has 0 bridgehead atoms. The molecule has 8 rings (SSSR count). The number of fused-ring (bicyclic) bond motifs is 5. The van der Waals surface area contributed by atoms with E-state index in [1.54, 1.807) is 84.9 Å². The van der Waals surface area contributed by atoms with Gasteiger partial charge in [0, 0.05) is 39.1 Å². The van der Waals surface area contributed by atoms with Gasteiger partial charge >= 0.3 is 0 Å². The molecule has 5 aromatic rings. The smallest absolute Gasteiger partial charge is 0.272 e.